The molecule has 0 aliphatic heterocycles. The molecular weight excluding hydrogens is 210 g/mol. The molecule has 0 unspecified atom stereocenters. The molecule has 0 atom stereocenters. The summed E-state index contributed by atoms with van der Waals surface area (Å²) in [6.07, 6.45) is 1.19. The zero-order valence-electron chi connectivity index (χ0n) is 11.0. The van der Waals surface area contributed by atoms with Crippen molar-refractivity contribution in [1.82, 2.24) is 4.90 Å². The van der Waals surface area contributed by atoms with Crippen LogP contribution in [0.25, 0.3) is 0 Å². The Morgan fingerprint density at radius 3 is 2.59 bits per heavy atom. The fourth-order valence-electron chi connectivity index (χ4n) is 1.77. The number of amidine groups is 1. The van der Waals surface area contributed by atoms with Crippen LogP contribution in [0.4, 0.5) is 0 Å². The van der Waals surface area contributed by atoms with Crippen molar-refractivity contribution < 1.29 is 0 Å². The van der Waals surface area contributed by atoms with Crippen LogP contribution in [0.3, 0.4) is 0 Å². The van der Waals surface area contributed by atoms with Gasteiger partial charge in [-0.05, 0) is 31.5 Å². The van der Waals surface area contributed by atoms with Gasteiger partial charge in [-0.1, -0.05) is 38.1 Å². The third-order valence-corrected chi connectivity index (χ3v) is 2.84. The second-order valence-electron chi connectivity index (χ2n) is 4.99. The lowest BCUT2D eigenvalue weighted by Crippen LogP contribution is -2.23. The lowest BCUT2D eigenvalue weighted by atomic mass is 10.1. The van der Waals surface area contributed by atoms with Crippen molar-refractivity contribution in [2.75, 3.05) is 13.6 Å². The molecule has 3 N–H and O–H groups in total. The molecular formula is C14H23N3. The Kier molecular flexibility index (Phi) is 5.16. The molecule has 0 fully saturated rings. The van der Waals surface area contributed by atoms with E-state index in [0.717, 1.165) is 30.1 Å². The molecule has 0 saturated heterocycles. The molecule has 0 aromatic heterocycles. The number of nitrogen functional groups attached to an aromatic ring is 1. The molecule has 0 bridgehead atoms. The maximum Gasteiger partial charge on any atom is 0.123 e. The number of benzene rings is 1. The molecule has 1 aromatic carbocycles. The average molecular weight is 233 g/mol. The van der Waals surface area contributed by atoms with E-state index in [2.05, 4.69) is 25.8 Å². The van der Waals surface area contributed by atoms with Gasteiger partial charge in [0.2, 0.25) is 0 Å². The molecule has 0 aliphatic rings. The quantitative estimate of drug-likeness (QED) is 0.586. The zero-order valence-corrected chi connectivity index (χ0v) is 11.0. The summed E-state index contributed by atoms with van der Waals surface area (Å²) in [5, 5.41) is 7.55. The third kappa shape index (κ3) is 4.57. The first kappa shape index (κ1) is 13.7. The van der Waals surface area contributed by atoms with Crippen molar-refractivity contribution in [2.24, 2.45) is 11.7 Å². The van der Waals surface area contributed by atoms with Gasteiger partial charge in [-0.3, -0.25) is 5.41 Å². The van der Waals surface area contributed by atoms with Gasteiger partial charge < -0.3 is 10.6 Å². The number of rotatable bonds is 6. The highest BCUT2D eigenvalue weighted by Gasteiger charge is 2.07. The van der Waals surface area contributed by atoms with Gasteiger partial charge in [0.05, 0.1) is 0 Å². The predicted molar refractivity (Wildman–Crippen MR) is 73.2 cm³/mol. The fourth-order valence-corrected chi connectivity index (χ4v) is 1.77. The standard InChI is InChI=1S/C14H23N3/c1-11(2)8-9-17(3)10-12-6-4-5-7-13(12)14(15)16/h4-7,11H,8-10H2,1-3H3,(H3,15,16). The van der Waals surface area contributed by atoms with Gasteiger partial charge in [-0.15, -0.1) is 0 Å². The Bertz CT molecular complexity index is 371. The van der Waals surface area contributed by atoms with Crippen molar-refractivity contribution >= 4 is 5.84 Å². The van der Waals surface area contributed by atoms with Crippen molar-refractivity contribution in [3.05, 3.63) is 35.4 Å². The highest BCUT2D eigenvalue weighted by molar-refractivity contribution is 5.96. The zero-order chi connectivity index (χ0) is 12.8. The summed E-state index contributed by atoms with van der Waals surface area (Å²) >= 11 is 0. The molecule has 94 valence electrons. The van der Waals surface area contributed by atoms with E-state index in [0.29, 0.717) is 0 Å². The van der Waals surface area contributed by atoms with E-state index in [1.165, 1.54) is 6.42 Å². The monoisotopic (exact) mass is 233 g/mol. The maximum atomic E-state index is 7.55. The van der Waals surface area contributed by atoms with Crippen LogP contribution in [-0.4, -0.2) is 24.3 Å². The number of nitrogens with zero attached hydrogens (tertiary/aromatic N) is 1. The van der Waals surface area contributed by atoms with Crippen LogP contribution in [0, 0.1) is 11.3 Å². The van der Waals surface area contributed by atoms with E-state index in [1.807, 2.05) is 24.3 Å². The van der Waals surface area contributed by atoms with E-state index in [4.69, 9.17) is 11.1 Å². The minimum atomic E-state index is 0.151. The van der Waals surface area contributed by atoms with Crippen LogP contribution in [0.5, 0.6) is 0 Å². The minimum Gasteiger partial charge on any atom is -0.384 e. The second kappa shape index (κ2) is 6.40. The molecule has 0 saturated carbocycles. The lowest BCUT2D eigenvalue weighted by Gasteiger charge is -2.19. The van der Waals surface area contributed by atoms with E-state index in [9.17, 15) is 0 Å². The summed E-state index contributed by atoms with van der Waals surface area (Å²) in [5.74, 6) is 0.873. The summed E-state index contributed by atoms with van der Waals surface area (Å²) in [4.78, 5) is 2.28. The van der Waals surface area contributed by atoms with E-state index >= 15 is 0 Å². The number of hydrogen-bond acceptors (Lipinski definition) is 2. The molecule has 1 aromatic rings. The van der Waals surface area contributed by atoms with Crippen molar-refractivity contribution in [3.8, 4) is 0 Å². The molecule has 17 heavy (non-hydrogen) atoms. The molecule has 0 radical (unpaired) electrons. The van der Waals surface area contributed by atoms with E-state index in [1.54, 1.807) is 0 Å². The Hall–Kier alpha value is -1.35. The third-order valence-electron chi connectivity index (χ3n) is 2.84. The van der Waals surface area contributed by atoms with Crippen LogP contribution in [0.2, 0.25) is 0 Å². The predicted octanol–water partition coefficient (Wildman–Crippen LogP) is 2.45. The van der Waals surface area contributed by atoms with Crippen LogP contribution >= 0.6 is 0 Å². The van der Waals surface area contributed by atoms with Gasteiger partial charge in [-0.25, -0.2) is 0 Å². The number of hydrogen-bond donors (Lipinski definition) is 2. The van der Waals surface area contributed by atoms with E-state index < -0.39 is 0 Å². The Morgan fingerprint density at radius 2 is 2.00 bits per heavy atom. The number of nitrogens with two attached hydrogens (primary N) is 1. The summed E-state index contributed by atoms with van der Waals surface area (Å²) in [6, 6.07) is 7.88. The molecule has 0 aliphatic carbocycles. The fraction of sp³-hybridized carbons (Fsp3) is 0.500. The first-order valence-corrected chi connectivity index (χ1v) is 6.11. The Balaban J connectivity index is 2.64. The summed E-state index contributed by atoms with van der Waals surface area (Å²) in [7, 11) is 2.11. The van der Waals surface area contributed by atoms with Crippen LogP contribution in [-0.2, 0) is 6.54 Å². The maximum absolute atomic E-state index is 7.55. The first-order valence-electron chi connectivity index (χ1n) is 6.11. The molecule has 1 rings (SSSR count). The molecule has 0 spiro atoms. The SMILES string of the molecule is CC(C)CCN(C)Cc1ccccc1C(=N)N. The van der Waals surface area contributed by atoms with Crippen molar-refractivity contribution in [2.45, 2.75) is 26.8 Å². The lowest BCUT2D eigenvalue weighted by molar-refractivity contribution is 0.303. The van der Waals surface area contributed by atoms with Gasteiger partial charge >= 0.3 is 0 Å². The first-order chi connectivity index (χ1) is 8.00. The van der Waals surface area contributed by atoms with Gasteiger partial charge in [0, 0.05) is 12.1 Å². The highest BCUT2D eigenvalue weighted by atomic mass is 15.1. The average Bonchev–Trinajstić information content (AvgIpc) is 2.27. The Morgan fingerprint density at radius 1 is 1.35 bits per heavy atom. The van der Waals surface area contributed by atoms with Crippen molar-refractivity contribution in [3.63, 3.8) is 0 Å². The van der Waals surface area contributed by atoms with Crippen LogP contribution in [0.1, 0.15) is 31.4 Å². The van der Waals surface area contributed by atoms with Crippen molar-refractivity contribution in [1.29, 1.82) is 5.41 Å². The van der Waals surface area contributed by atoms with Gasteiger partial charge in [0.25, 0.3) is 0 Å². The molecule has 0 amide bonds. The van der Waals surface area contributed by atoms with Crippen LogP contribution < -0.4 is 5.73 Å². The van der Waals surface area contributed by atoms with Gasteiger partial charge in [-0.2, -0.15) is 0 Å². The molecule has 3 heteroatoms. The summed E-state index contributed by atoms with van der Waals surface area (Å²) < 4.78 is 0. The normalized spacial score (nSPS) is 11.1. The van der Waals surface area contributed by atoms with Crippen LogP contribution in [0.15, 0.2) is 24.3 Å². The highest BCUT2D eigenvalue weighted by Crippen LogP contribution is 2.11. The minimum absolute atomic E-state index is 0.151. The topological polar surface area (TPSA) is 53.1 Å². The summed E-state index contributed by atoms with van der Waals surface area (Å²) in [5.41, 5.74) is 7.56. The molecule has 3 nitrogen and oxygen atoms in total. The Labute approximate surface area is 104 Å². The van der Waals surface area contributed by atoms with Gasteiger partial charge in [0.1, 0.15) is 5.84 Å². The van der Waals surface area contributed by atoms with Gasteiger partial charge in [0.15, 0.2) is 0 Å². The summed E-state index contributed by atoms with van der Waals surface area (Å²) in [6.45, 7) is 6.39. The number of nitrogens with one attached hydrogen (secondary N) is 1. The smallest absolute Gasteiger partial charge is 0.123 e. The second-order valence-corrected chi connectivity index (χ2v) is 4.99. The van der Waals surface area contributed by atoms with E-state index in [-0.39, 0.29) is 5.84 Å². The largest absolute Gasteiger partial charge is 0.384 e. The molecule has 0 heterocycles.